The van der Waals surface area contributed by atoms with Gasteiger partial charge in [0.15, 0.2) is 0 Å². The Balaban J connectivity index is 3.08. The minimum absolute atomic E-state index is 0.136. The van der Waals surface area contributed by atoms with E-state index in [1.165, 1.54) is 5.20 Å². The van der Waals surface area contributed by atoms with Crippen LogP contribution in [-0.4, -0.2) is 20.3 Å². The summed E-state index contributed by atoms with van der Waals surface area (Å²) in [5, 5.41) is 2.39. The first-order chi connectivity index (χ1) is 7.79. The number of rotatable bonds is 3. The van der Waals surface area contributed by atoms with E-state index in [0.29, 0.717) is 5.92 Å². The molecule has 0 aliphatic carbocycles. The van der Waals surface area contributed by atoms with Gasteiger partial charge in [0.25, 0.3) is 0 Å². The molecule has 3 atom stereocenters. The lowest BCUT2D eigenvalue weighted by molar-refractivity contribution is -0.0141. The lowest BCUT2D eigenvalue weighted by atomic mass is 9.99. The second-order valence-corrected chi connectivity index (χ2v) is 11.3. The Hall–Kier alpha value is -0.233. The number of ether oxygens (including phenoxy) is 1. The van der Waals surface area contributed by atoms with Crippen molar-refractivity contribution in [2.45, 2.75) is 58.5 Å². The molecule has 0 amide bonds. The lowest BCUT2D eigenvalue weighted by Gasteiger charge is -2.39. The molecule has 3 heteroatoms. The predicted octanol–water partition coefficient (Wildman–Crippen LogP) is 4.19. The molecular formula is C14H23ClOSi. The zero-order valence-corrected chi connectivity index (χ0v) is 13.3. The zero-order valence-electron chi connectivity index (χ0n) is 11.5. The van der Waals surface area contributed by atoms with Crippen LogP contribution in [0.3, 0.4) is 0 Å². The third kappa shape index (κ3) is 3.37. The number of halogens is 1. The molecule has 1 aliphatic rings. The van der Waals surface area contributed by atoms with Crippen LogP contribution in [-0.2, 0) is 4.74 Å². The van der Waals surface area contributed by atoms with Gasteiger partial charge in [-0.05, 0) is 18.5 Å². The summed E-state index contributed by atoms with van der Waals surface area (Å²) in [6, 6.07) is 0. The summed E-state index contributed by atoms with van der Waals surface area (Å²) in [6.45, 7) is 11.2. The fourth-order valence-corrected chi connectivity index (χ4v) is 5.59. The standard InChI is InChI=1S/C14H23ClOSi/c1-7-8-9-12-14(17(4,5)6)13(15)10(2)11(3)16-12/h1,10-12H,8-9H2,2-6H3/t10-,11-,12+/m0/s1. The van der Waals surface area contributed by atoms with Crippen molar-refractivity contribution < 1.29 is 4.74 Å². The van der Waals surface area contributed by atoms with Crippen molar-refractivity contribution in [2.24, 2.45) is 5.92 Å². The van der Waals surface area contributed by atoms with Crippen LogP contribution in [0.4, 0.5) is 0 Å². The van der Waals surface area contributed by atoms with Crippen molar-refractivity contribution in [3.63, 3.8) is 0 Å². The molecule has 0 saturated carbocycles. The first-order valence-corrected chi connectivity index (χ1v) is 10.2. The highest BCUT2D eigenvalue weighted by atomic mass is 35.5. The second kappa shape index (κ2) is 5.61. The average Bonchev–Trinajstić information content (AvgIpc) is 2.20. The zero-order chi connectivity index (χ0) is 13.2. The topological polar surface area (TPSA) is 9.23 Å². The van der Waals surface area contributed by atoms with Gasteiger partial charge in [0.1, 0.15) is 0 Å². The highest BCUT2D eigenvalue weighted by molar-refractivity contribution is 6.84. The van der Waals surface area contributed by atoms with Crippen molar-refractivity contribution in [3.05, 3.63) is 10.2 Å². The molecule has 0 aromatic heterocycles. The first kappa shape index (κ1) is 14.8. The van der Waals surface area contributed by atoms with Gasteiger partial charge in [0.05, 0.1) is 20.3 Å². The normalized spacial score (nSPS) is 30.3. The molecule has 0 fully saturated rings. The molecule has 0 unspecified atom stereocenters. The summed E-state index contributed by atoms with van der Waals surface area (Å²) in [5.41, 5.74) is 0. The Labute approximate surface area is 112 Å². The van der Waals surface area contributed by atoms with Gasteiger partial charge in [-0.3, -0.25) is 0 Å². The fraction of sp³-hybridized carbons (Fsp3) is 0.714. The molecule has 1 aliphatic heterocycles. The van der Waals surface area contributed by atoms with E-state index in [0.717, 1.165) is 17.9 Å². The number of hydrogen-bond acceptors (Lipinski definition) is 1. The third-order valence-electron chi connectivity index (χ3n) is 3.42. The molecule has 0 bridgehead atoms. The predicted molar refractivity (Wildman–Crippen MR) is 77.8 cm³/mol. The molecule has 17 heavy (non-hydrogen) atoms. The molecule has 1 rings (SSSR count). The van der Waals surface area contributed by atoms with Gasteiger partial charge < -0.3 is 4.74 Å². The van der Waals surface area contributed by atoms with Crippen molar-refractivity contribution in [1.82, 2.24) is 0 Å². The summed E-state index contributed by atoms with van der Waals surface area (Å²) in [4.78, 5) is 0. The van der Waals surface area contributed by atoms with E-state index in [1.807, 2.05) is 0 Å². The smallest absolute Gasteiger partial charge is 0.0777 e. The van der Waals surface area contributed by atoms with Crippen LogP contribution in [0.25, 0.3) is 0 Å². The average molecular weight is 271 g/mol. The van der Waals surface area contributed by atoms with Gasteiger partial charge in [-0.2, -0.15) is 0 Å². The van der Waals surface area contributed by atoms with Crippen LogP contribution in [0.2, 0.25) is 19.6 Å². The van der Waals surface area contributed by atoms with Crippen LogP contribution >= 0.6 is 11.6 Å². The maximum absolute atomic E-state index is 6.57. The van der Waals surface area contributed by atoms with E-state index >= 15 is 0 Å². The quantitative estimate of drug-likeness (QED) is 0.552. The van der Waals surface area contributed by atoms with Gasteiger partial charge in [0, 0.05) is 17.4 Å². The first-order valence-electron chi connectivity index (χ1n) is 6.28. The van der Waals surface area contributed by atoms with Gasteiger partial charge in [0.2, 0.25) is 0 Å². The van der Waals surface area contributed by atoms with Crippen LogP contribution in [0.5, 0.6) is 0 Å². The van der Waals surface area contributed by atoms with Gasteiger partial charge in [-0.15, -0.1) is 12.3 Å². The van der Waals surface area contributed by atoms with Crippen LogP contribution in [0.1, 0.15) is 26.7 Å². The van der Waals surface area contributed by atoms with Crippen molar-refractivity contribution in [1.29, 1.82) is 0 Å². The summed E-state index contributed by atoms with van der Waals surface area (Å²) in [5.74, 6) is 3.00. The molecular weight excluding hydrogens is 248 g/mol. The van der Waals surface area contributed by atoms with E-state index < -0.39 is 8.07 Å². The Kier molecular flexibility index (Phi) is 4.89. The molecule has 0 N–H and O–H groups in total. The molecule has 0 spiro atoms. The maximum Gasteiger partial charge on any atom is 0.0777 e. The maximum atomic E-state index is 6.57. The largest absolute Gasteiger partial charge is 0.371 e. The number of terminal acetylenes is 1. The van der Waals surface area contributed by atoms with Crippen molar-refractivity contribution >= 4 is 19.7 Å². The van der Waals surface area contributed by atoms with E-state index in [-0.39, 0.29) is 12.2 Å². The summed E-state index contributed by atoms with van der Waals surface area (Å²) in [7, 11) is -1.45. The summed E-state index contributed by atoms with van der Waals surface area (Å²) >= 11 is 6.57. The fourth-order valence-electron chi connectivity index (χ4n) is 2.32. The molecule has 0 aromatic carbocycles. The monoisotopic (exact) mass is 270 g/mol. The van der Waals surface area contributed by atoms with E-state index in [9.17, 15) is 0 Å². The minimum Gasteiger partial charge on any atom is -0.371 e. The van der Waals surface area contributed by atoms with E-state index in [2.05, 4.69) is 39.4 Å². The highest BCUT2D eigenvalue weighted by Crippen LogP contribution is 2.39. The highest BCUT2D eigenvalue weighted by Gasteiger charge is 2.37. The second-order valence-electron chi connectivity index (χ2n) is 5.87. The van der Waals surface area contributed by atoms with Crippen LogP contribution < -0.4 is 0 Å². The van der Waals surface area contributed by atoms with E-state index in [1.54, 1.807) is 0 Å². The number of hydrogen-bond donors (Lipinski definition) is 0. The molecule has 1 nitrogen and oxygen atoms in total. The summed E-state index contributed by atoms with van der Waals surface area (Å²) < 4.78 is 6.11. The van der Waals surface area contributed by atoms with Crippen molar-refractivity contribution in [3.8, 4) is 12.3 Å². The van der Waals surface area contributed by atoms with Gasteiger partial charge in [-0.25, -0.2) is 0 Å². The Morgan fingerprint density at radius 1 is 1.35 bits per heavy atom. The van der Waals surface area contributed by atoms with Crippen LogP contribution in [0, 0.1) is 18.3 Å². The molecule has 1 heterocycles. The SMILES string of the molecule is C#CCC[C@H]1O[C@@H](C)[C@H](C)C(Cl)=C1[Si](C)(C)C. The Morgan fingerprint density at radius 3 is 2.41 bits per heavy atom. The van der Waals surface area contributed by atoms with Gasteiger partial charge in [-0.1, -0.05) is 38.2 Å². The molecule has 96 valence electrons. The van der Waals surface area contributed by atoms with Gasteiger partial charge >= 0.3 is 0 Å². The molecule has 0 saturated heterocycles. The molecule has 0 aromatic rings. The Bertz CT molecular complexity index is 348. The summed E-state index contributed by atoms with van der Waals surface area (Å²) in [6.07, 6.45) is 7.32. The minimum atomic E-state index is -1.45. The van der Waals surface area contributed by atoms with Crippen molar-refractivity contribution in [2.75, 3.05) is 0 Å². The third-order valence-corrected chi connectivity index (χ3v) is 6.33. The Morgan fingerprint density at radius 2 is 1.94 bits per heavy atom. The van der Waals surface area contributed by atoms with E-state index in [4.69, 9.17) is 22.8 Å². The molecule has 0 radical (unpaired) electrons. The lowest BCUT2D eigenvalue weighted by Crippen LogP contribution is -2.42. The van der Waals surface area contributed by atoms with Crippen LogP contribution in [0.15, 0.2) is 10.2 Å².